The van der Waals surface area contributed by atoms with Gasteiger partial charge in [-0.15, -0.1) is 0 Å². The number of aromatic nitrogens is 1. The van der Waals surface area contributed by atoms with Gasteiger partial charge in [0.25, 0.3) is 0 Å². The summed E-state index contributed by atoms with van der Waals surface area (Å²) in [4.78, 5) is 2.45. The molecule has 0 radical (unpaired) electrons. The average Bonchev–Trinajstić information content (AvgIpc) is 3.71. The molecule has 3 heterocycles. The molecule has 10 aromatic carbocycles. The number of anilines is 3. The summed E-state index contributed by atoms with van der Waals surface area (Å²) < 4.78 is 2.53. The van der Waals surface area contributed by atoms with Gasteiger partial charge in [0, 0.05) is 16.5 Å². The number of hydrogen-bond acceptors (Lipinski definition) is 1. The minimum atomic E-state index is -0.592. The average molecular weight is 815 g/mol. The molecule has 0 unspecified atom stereocenters. The minimum absolute atomic E-state index is 0.510. The molecule has 2 aliphatic rings. The Kier molecular flexibility index (Phi) is 8.07. The number of nitrogens with zero attached hydrogens (tertiary/aromatic N) is 2. The Balaban J connectivity index is 1.09. The second-order valence-corrected chi connectivity index (χ2v) is 17.2. The molecule has 0 atom stereocenters. The second-order valence-electron chi connectivity index (χ2n) is 17.2. The van der Waals surface area contributed by atoms with Crippen molar-refractivity contribution in [2.45, 2.75) is 10.8 Å². The summed E-state index contributed by atoms with van der Waals surface area (Å²) in [5.41, 5.74) is 18.5. The van der Waals surface area contributed by atoms with Crippen molar-refractivity contribution in [1.29, 1.82) is 0 Å². The summed E-state index contributed by atoms with van der Waals surface area (Å²) in [5.74, 6) is 0. The topological polar surface area (TPSA) is 8.17 Å². The molecule has 11 aromatic rings. The van der Waals surface area contributed by atoms with E-state index in [1.54, 1.807) is 0 Å². The van der Waals surface area contributed by atoms with Crippen LogP contribution in [0.5, 0.6) is 0 Å². The van der Waals surface area contributed by atoms with Crippen LogP contribution in [0.4, 0.5) is 17.1 Å². The molecule has 13 rings (SSSR count). The van der Waals surface area contributed by atoms with Crippen LogP contribution in [-0.4, -0.2) is 4.57 Å². The Hall–Kier alpha value is -8.20. The van der Waals surface area contributed by atoms with E-state index in [1.807, 2.05) is 0 Å². The van der Waals surface area contributed by atoms with Crippen molar-refractivity contribution < 1.29 is 0 Å². The van der Waals surface area contributed by atoms with Crippen LogP contribution in [0.2, 0.25) is 0 Å². The van der Waals surface area contributed by atoms with Gasteiger partial charge in [-0.05, 0) is 104 Å². The van der Waals surface area contributed by atoms with Gasteiger partial charge in [0.05, 0.1) is 38.9 Å². The normalized spacial score (nSPS) is 14.2. The van der Waals surface area contributed by atoms with Crippen molar-refractivity contribution >= 4 is 38.9 Å². The highest BCUT2D eigenvalue weighted by Crippen LogP contribution is 2.59. The van der Waals surface area contributed by atoms with E-state index in [2.05, 4.69) is 264 Å². The van der Waals surface area contributed by atoms with Gasteiger partial charge >= 0.3 is 0 Å². The summed E-state index contributed by atoms with van der Waals surface area (Å²) in [6.45, 7) is 0. The third-order valence-electron chi connectivity index (χ3n) is 14.1. The van der Waals surface area contributed by atoms with Crippen LogP contribution < -0.4 is 4.90 Å². The lowest BCUT2D eigenvalue weighted by atomic mass is 9.62. The zero-order valence-corrected chi connectivity index (χ0v) is 35.1. The lowest BCUT2D eigenvalue weighted by Crippen LogP contribution is -2.37. The van der Waals surface area contributed by atoms with Crippen molar-refractivity contribution in [3.63, 3.8) is 0 Å². The van der Waals surface area contributed by atoms with E-state index in [-0.39, 0.29) is 0 Å². The third kappa shape index (κ3) is 4.97. The van der Waals surface area contributed by atoms with E-state index in [9.17, 15) is 0 Å². The molecule has 0 amide bonds. The lowest BCUT2D eigenvalue weighted by molar-refractivity contribution is 0.728. The fraction of sp³-hybridized carbons (Fsp3) is 0.0323. The van der Waals surface area contributed by atoms with Crippen LogP contribution >= 0.6 is 0 Å². The first kappa shape index (κ1) is 36.5. The lowest BCUT2D eigenvalue weighted by Gasteiger charge is -2.46. The van der Waals surface area contributed by atoms with E-state index in [0.29, 0.717) is 0 Å². The SMILES string of the molecule is c1ccc(N2c3ccccc3C(c3ccccc3)(c3ccccc3)c3cc(-c4ccc5c(c4)c4cccc6c4n5-c4ccccc4C6(c4ccccc4)c4ccccc4)ccc32)cc1. The Morgan fingerprint density at radius 1 is 0.281 bits per heavy atom. The molecule has 1 aromatic heterocycles. The maximum atomic E-state index is 2.53. The highest BCUT2D eigenvalue weighted by Gasteiger charge is 2.47. The highest BCUT2D eigenvalue weighted by atomic mass is 15.2. The van der Waals surface area contributed by atoms with Gasteiger partial charge in [0.1, 0.15) is 0 Å². The first-order valence-electron chi connectivity index (χ1n) is 22.3. The maximum Gasteiger partial charge on any atom is 0.0742 e. The van der Waals surface area contributed by atoms with E-state index in [0.717, 1.165) is 5.69 Å². The molecule has 0 aliphatic carbocycles. The highest BCUT2D eigenvalue weighted by molar-refractivity contribution is 6.13. The van der Waals surface area contributed by atoms with E-state index in [1.165, 1.54) is 94.5 Å². The predicted octanol–water partition coefficient (Wildman–Crippen LogP) is 15.3. The number of benzene rings is 10. The van der Waals surface area contributed by atoms with Crippen LogP contribution in [0.3, 0.4) is 0 Å². The number of hydrogen-bond donors (Lipinski definition) is 0. The van der Waals surface area contributed by atoms with Gasteiger partial charge in [-0.2, -0.15) is 0 Å². The van der Waals surface area contributed by atoms with Gasteiger partial charge in [0.15, 0.2) is 0 Å². The molecule has 0 bridgehead atoms. The smallest absolute Gasteiger partial charge is 0.0742 e. The fourth-order valence-corrected chi connectivity index (χ4v) is 11.6. The summed E-state index contributed by atoms with van der Waals surface area (Å²) in [5, 5.41) is 2.50. The fourth-order valence-electron chi connectivity index (χ4n) is 11.6. The van der Waals surface area contributed by atoms with E-state index in [4.69, 9.17) is 0 Å². The molecular weight excluding hydrogens is 773 g/mol. The molecule has 0 spiro atoms. The van der Waals surface area contributed by atoms with Crippen LogP contribution in [0.15, 0.2) is 255 Å². The number of rotatable bonds is 6. The van der Waals surface area contributed by atoms with Crippen molar-refractivity contribution in [2.75, 3.05) is 4.90 Å². The van der Waals surface area contributed by atoms with Crippen LogP contribution in [0, 0.1) is 0 Å². The molecule has 0 N–H and O–H groups in total. The maximum absolute atomic E-state index is 2.53. The van der Waals surface area contributed by atoms with Crippen molar-refractivity contribution in [3.05, 3.63) is 299 Å². The van der Waals surface area contributed by atoms with Gasteiger partial charge in [-0.25, -0.2) is 0 Å². The Morgan fingerprint density at radius 3 is 1.31 bits per heavy atom. The first-order valence-corrected chi connectivity index (χ1v) is 22.3. The molecule has 2 nitrogen and oxygen atoms in total. The van der Waals surface area contributed by atoms with Gasteiger partial charge in [-0.3, -0.25) is 0 Å². The minimum Gasteiger partial charge on any atom is -0.310 e. The second kappa shape index (κ2) is 14.2. The van der Waals surface area contributed by atoms with Gasteiger partial charge in [-0.1, -0.05) is 206 Å². The molecule has 0 saturated carbocycles. The first-order chi connectivity index (χ1) is 31.8. The summed E-state index contributed by atoms with van der Waals surface area (Å²) in [6.07, 6.45) is 0. The van der Waals surface area contributed by atoms with Gasteiger partial charge < -0.3 is 9.47 Å². The Labute approximate surface area is 373 Å². The molecule has 0 fully saturated rings. The molecule has 0 saturated heterocycles. The molecule has 64 heavy (non-hydrogen) atoms. The molecule has 300 valence electrons. The van der Waals surface area contributed by atoms with Crippen LogP contribution in [0.25, 0.3) is 38.6 Å². The molecule has 2 aliphatic heterocycles. The number of para-hydroxylation sites is 4. The Bertz CT molecular complexity index is 3460. The standard InChI is InChI=1S/C62H42N2/c1-6-21-45(22-7-1)61(46-23-8-2-9-24-46)53-33-17-19-36-58(53)64-56-39-37-43(41-51(56)50-31-20-34-54(61)60(50)64)44-38-40-59-55(42-44)62(47-25-10-3-11-26-47,48-27-12-4-13-28-48)52-32-16-18-35-57(52)63(59)49-29-14-5-15-30-49/h1-42H. The van der Waals surface area contributed by atoms with Crippen molar-refractivity contribution in [3.8, 4) is 16.8 Å². The van der Waals surface area contributed by atoms with E-state index < -0.39 is 10.8 Å². The van der Waals surface area contributed by atoms with Crippen molar-refractivity contribution in [2.24, 2.45) is 0 Å². The zero-order chi connectivity index (χ0) is 42.2. The zero-order valence-electron chi connectivity index (χ0n) is 35.1. The quantitative estimate of drug-likeness (QED) is 0.162. The number of fused-ring (bicyclic) bond motifs is 7. The predicted molar refractivity (Wildman–Crippen MR) is 265 cm³/mol. The molecule has 2 heteroatoms. The van der Waals surface area contributed by atoms with E-state index >= 15 is 0 Å². The summed E-state index contributed by atoms with van der Waals surface area (Å²) in [6, 6.07) is 94.5. The Morgan fingerprint density at radius 2 is 0.719 bits per heavy atom. The van der Waals surface area contributed by atoms with Gasteiger partial charge in [0.2, 0.25) is 0 Å². The largest absolute Gasteiger partial charge is 0.310 e. The van der Waals surface area contributed by atoms with Crippen LogP contribution in [-0.2, 0) is 10.8 Å². The van der Waals surface area contributed by atoms with Crippen LogP contribution in [0.1, 0.15) is 44.5 Å². The summed E-state index contributed by atoms with van der Waals surface area (Å²) in [7, 11) is 0. The monoisotopic (exact) mass is 814 g/mol. The summed E-state index contributed by atoms with van der Waals surface area (Å²) >= 11 is 0. The molecular formula is C62H42N2. The third-order valence-corrected chi connectivity index (χ3v) is 14.1. The van der Waals surface area contributed by atoms with Crippen molar-refractivity contribution in [1.82, 2.24) is 4.57 Å².